The maximum Gasteiger partial charge on any atom is 0.259 e. The fourth-order valence-electron chi connectivity index (χ4n) is 2.69. The minimum absolute atomic E-state index is 0.0291. The number of thiazole rings is 1. The average molecular weight is 350 g/mol. The van der Waals surface area contributed by atoms with E-state index >= 15 is 0 Å². The number of nitrogens with zero attached hydrogens (tertiary/aromatic N) is 2. The molecule has 2 N–H and O–H groups in total. The molecule has 0 spiro atoms. The van der Waals surface area contributed by atoms with E-state index in [0.29, 0.717) is 4.96 Å². The zero-order chi connectivity index (χ0) is 15.0. The summed E-state index contributed by atoms with van der Waals surface area (Å²) in [4.78, 5) is 4.57. The first-order chi connectivity index (χ1) is 9.99. The Labute approximate surface area is 131 Å². The number of sulfonamides is 1. The van der Waals surface area contributed by atoms with Gasteiger partial charge in [-0.25, -0.2) is 18.1 Å². The first kappa shape index (κ1) is 15.2. The topological polar surface area (TPSA) is 83.7 Å². The Bertz CT molecular complexity index is 740. The van der Waals surface area contributed by atoms with E-state index in [1.165, 1.54) is 15.7 Å². The molecule has 0 saturated heterocycles. The van der Waals surface area contributed by atoms with Gasteiger partial charge in [0.25, 0.3) is 10.0 Å². The number of nitrogens with one attached hydrogen (secondary N) is 1. The van der Waals surface area contributed by atoms with Gasteiger partial charge < -0.3 is 5.11 Å². The van der Waals surface area contributed by atoms with Gasteiger partial charge in [-0.2, -0.15) is 0 Å². The van der Waals surface area contributed by atoms with Gasteiger partial charge in [-0.1, -0.05) is 24.4 Å². The summed E-state index contributed by atoms with van der Waals surface area (Å²) in [6, 6.07) is 0. The van der Waals surface area contributed by atoms with Crippen molar-refractivity contribution in [3.05, 3.63) is 16.7 Å². The summed E-state index contributed by atoms with van der Waals surface area (Å²) in [6.45, 7) is 0.219. The van der Waals surface area contributed by atoms with Crippen LogP contribution in [0.25, 0.3) is 4.96 Å². The van der Waals surface area contributed by atoms with Crippen LogP contribution in [-0.2, 0) is 10.0 Å². The van der Waals surface area contributed by atoms with E-state index in [-0.39, 0.29) is 22.6 Å². The number of halogens is 1. The molecule has 1 aliphatic carbocycles. The number of hydrogen-bond acceptors (Lipinski definition) is 5. The summed E-state index contributed by atoms with van der Waals surface area (Å²) in [5.74, 6) is -0.0433. The standard InChI is InChI=1S/C12H16ClN3O3S2/c13-10-11(16-5-6-20-12(16)15-10)21(18,19)14-7-8-3-1-2-4-9(8)17/h5-6,8-9,14,17H,1-4,7H2. The molecule has 0 bridgehead atoms. The lowest BCUT2D eigenvalue weighted by molar-refractivity contribution is 0.0724. The molecule has 2 atom stereocenters. The Morgan fingerprint density at radius 3 is 3.00 bits per heavy atom. The van der Waals surface area contributed by atoms with Gasteiger partial charge in [-0.3, -0.25) is 4.40 Å². The van der Waals surface area contributed by atoms with Crippen molar-refractivity contribution < 1.29 is 13.5 Å². The molecule has 0 aromatic carbocycles. The van der Waals surface area contributed by atoms with E-state index in [0.717, 1.165) is 25.7 Å². The molecule has 21 heavy (non-hydrogen) atoms. The van der Waals surface area contributed by atoms with Crippen molar-refractivity contribution in [2.24, 2.45) is 5.92 Å². The van der Waals surface area contributed by atoms with Crippen LogP contribution in [0.4, 0.5) is 0 Å². The van der Waals surface area contributed by atoms with Crippen LogP contribution in [0.3, 0.4) is 0 Å². The van der Waals surface area contributed by atoms with Gasteiger partial charge >= 0.3 is 0 Å². The number of aliphatic hydroxyl groups excluding tert-OH is 1. The van der Waals surface area contributed by atoms with Crippen LogP contribution in [0.1, 0.15) is 25.7 Å². The molecular formula is C12H16ClN3O3S2. The summed E-state index contributed by atoms with van der Waals surface area (Å²) in [5.41, 5.74) is 0. The highest BCUT2D eigenvalue weighted by Gasteiger charge is 2.28. The van der Waals surface area contributed by atoms with Crippen molar-refractivity contribution >= 4 is 37.9 Å². The quantitative estimate of drug-likeness (QED) is 0.882. The largest absolute Gasteiger partial charge is 0.393 e. The average Bonchev–Trinajstić information content (AvgIpc) is 2.97. The normalized spacial score (nSPS) is 23.7. The third kappa shape index (κ3) is 2.95. The number of fused-ring (bicyclic) bond motifs is 1. The van der Waals surface area contributed by atoms with Crippen molar-refractivity contribution in [2.45, 2.75) is 36.8 Å². The Morgan fingerprint density at radius 1 is 1.48 bits per heavy atom. The highest BCUT2D eigenvalue weighted by Crippen LogP contribution is 2.27. The van der Waals surface area contributed by atoms with Crippen LogP contribution in [0, 0.1) is 5.92 Å². The second-order valence-corrected chi connectivity index (χ2v) is 8.14. The SMILES string of the molecule is O=S(=O)(NCC1CCCCC1O)c1c(Cl)nc2sccn12. The van der Waals surface area contributed by atoms with Crippen LogP contribution in [0.5, 0.6) is 0 Å². The molecule has 2 aromatic rings. The van der Waals surface area contributed by atoms with Crippen molar-refractivity contribution in [1.29, 1.82) is 0 Å². The molecule has 0 aliphatic heterocycles. The van der Waals surface area contributed by atoms with Gasteiger partial charge in [0.2, 0.25) is 0 Å². The molecule has 1 fully saturated rings. The minimum Gasteiger partial charge on any atom is -0.393 e. The molecule has 2 unspecified atom stereocenters. The molecule has 6 nitrogen and oxygen atoms in total. The van der Waals surface area contributed by atoms with Crippen LogP contribution in [0.2, 0.25) is 5.15 Å². The summed E-state index contributed by atoms with van der Waals surface area (Å²) >= 11 is 7.27. The second kappa shape index (κ2) is 5.85. The van der Waals surface area contributed by atoms with Gasteiger partial charge in [-0.15, -0.1) is 11.3 Å². The third-order valence-electron chi connectivity index (χ3n) is 3.84. The van der Waals surface area contributed by atoms with Gasteiger partial charge in [-0.05, 0) is 18.8 Å². The smallest absolute Gasteiger partial charge is 0.259 e. The minimum atomic E-state index is -3.75. The Hall–Kier alpha value is -0.670. The number of hydrogen-bond donors (Lipinski definition) is 2. The van der Waals surface area contributed by atoms with Gasteiger partial charge in [0.1, 0.15) is 0 Å². The summed E-state index contributed by atoms with van der Waals surface area (Å²) in [7, 11) is -3.75. The molecule has 9 heteroatoms. The van der Waals surface area contributed by atoms with E-state index in [1.807, 2.05) is 0 Å². The monoisotopic (exact) mass is 349 g/mol. The first-order valence-electron chi connectivity index (χ1n) is 6.78. The lowest BCUT2D eigenvalue weighted by atomic mass is 9.87. The molecule has 1 aliphatic rings. The molecule has 3 rings (SSSR count). The number of imidazole rings is 1. The molecule has 0 amide bonds. The lowest BCUT2D eigenvalue weighted by Crippen LogP contribution is -2.37. The lowest BCUT2D eigenvalue weighted by Gasteiger charge is -2.27. The zero-order valence-corrected chi connectivity index (χ0v) is 13.6. The fraction of sp³-hybridized carbons (Fsp3) is 0.583. The summed E-state index contributed by atoms with van der Waals surface area (Å²) in [5, 5.41) is 11.6. The Kier molecular flexibility index (Phi) is 4.24. The number of rotatable bonds is 4. The van der Waals surface area contributed by atoms with Crippen molar-refractivity contribution in [1.82, 2.24) is 14.1 Å². The molecule has 116 valence electrons. The molecule has 2 aromatic heterocycles. The Morgan fingerprint density at radius 2 is 2.24 bits per heavy atom. The van der Waals surface area contributed by atoms with Crippen LogP contribution >= 0.6 is 22.9 Å². The van der Waals surface area contributed by atoms with Crippen molar-refractivity contribution in [2.75, 3.05) is 6.54 Å². The predicted molar refractivity (Wildman–Crippen MR) is 81.2 cm³/mol. The molecule has 0 radical (unpaired) electrons. The fourth-order valence-corrected chi connectivity index (χ4v) is 5.23. The van der Waals surface area contributed by atoms with Crippen molar-refractivity contribution in [3.8, 4) is 0 Å². The highest BCUT2D eigenvalue weighted by molar-refractivity contribution is 7.89. The maximum absolute atomic E-state index is 12.4. The van der Waals surface area contributed by atoms with E-state index in [4.69, 9.17) is 11.6 Å². The van der Waals surface area contributed by atoms with E-state index in [1.54, 1.807) is 11.6 Å². The number of aliphatic hydroxyl groups is 1. The first-order valence-corrected chi connectivity index (χ1v) is 9.52. The zero-order valence-electron chi connectivity index (χ0n) is 11.2. The second-order valence-electron chi connectivity index (χ2n) is 5.23. The van der Waals surface area contributed by atoms with Crippen LogP contribution < -0.4 is 4.72 Å². The highest BCUT2D eigenvalue weighted by atomic mass is 35.5. The molecular weight excluding hydrogens is 334 g/mol. The Balaban J connectivity index is 1.80. The van der Waals surface area contributed by atoms with Gasteiger partial charge in [0.05, 0.1) is 6.10 Å². The van der Waals surface area contributed by atoms with E-state index in [9.17, 15) is 13.5 Å². The van der Waals surface area contributed by atoms with Crippen LogP contribution in [0.15, 0.2) is 16.6 Å². The van der Waals surface area contributed by atoms with Gasteiger partial charge in [0, 0.05) is 18.1 Å². The van der Waals surface area contributed by atoms with E-state index in [2.05, 4.69) is 9.71 Å². The van der Waals surface area contributed by atoms with Gasteiger partial charge in [0.15, 0.2) is 15.1 Å². The van der Waals surface area contributed by atoms with Crippen molar-refractivity contribution in [3.63, 3.8) is 0 Å². The predicted octanol–water partition coefficient (Wildman–Crippen LogP) is 1.88. The van der Waals surface area contributed by atoms with E-state index < -0.39 is 16.1 Å². The number of aromatic nitrogens is 2. The maximum atomic E-state index is 12.4. The molecule has 2 heterocycles. The summed E-state index contributed by atoms with van der Waals surface area (Å²) < 4.78 is 28.9. The third-order valence-corrected chi connectivity index (χ3v) is 6.42. The summed E-state index contributed by atoms with van der Waals surface area (Å²) in [6.07, 6.45) is 4.76. The van der Waals surface area contributed by atoms with Crippen LogP contribution in [-0.4, -0.2) is 35.6 Å². The molecule has 1 saturated carbocycles.